The van der Waals surface area contributed by atoms with Crippen molar-refractivity contribution in [2.24, 2.45) is 0 Å². The van der Waals surface area contributed by atoms with Crippen LogP contribution >= 0.6 is 127 Å². The lowest BCUT2D eigenvalue weighted by molar-refractivity contribution is 0.119. The van der Waals surface area contributed by atoms with Gasteiger partial charge in [0, 0.05) is 17.9 Å². The van der Waals surface area contributed by atoms with Gasteiger partial charge in [-0.25, -0.2) is 0 Å². The highest BCUT2D eigenvalue weighted by atomic mass is 79.9. The Morgan fingerprint density at radius 2 is 1.00 bits per heavy atom. The zero-order chi connectivity index (χ0) is 21.1. The van der Waals surface area contributed by atoms with E-state index in [9.17, 15) is 10.2 Å². The van der Waals surface area contributed by atoms with E-state index in [-0.39, 0.29) is 17.6 Å². The Kier molecular flexibility index (Phi) is 7.87. The Hall–Kier alpha value is 1.84. The second-order valence-electron chi connectivity index (χ2n) is 6.37. The van der Waals surface area contributed by atoms with E-state index in [4.69, 9.17) is 4.74 Å². The molecule has 0 amide bonds. The van der Waals surface area contributed by atoms with E-state index in [2.05, 4.69) is 127 Å². The minimum absolute atomic E-state index is 0.00954. The third-order valence-electron chi connectivity index (χ3n) is 4.69. The Morgan fingerprint density at radius 3 is 1.25 bits per heavy atom. The molecule has 1 heterocycles. The number of phenols is 2. The molecule has 1 fully saturated rings. The van der Waals surface area contributed by atoms with E-state index in [0.29, 0.717) is 30.9 Å². The quantitative estimate of drug-likeness (QED) is 0.296. The standard InChI is InChI=1S/C17H10Br8O3/c1-4-2-17(3-28-4,5-7(18)11(22)15(26)12(23)8(5)19)6-9(20)13(24)16(27)14(25)10(6)21/h4,26-27H,2-3H2,1H3. The summed E-state index contributed by atoms with van der Waals surface area (Å²) in [4.78, 5) is 0. The van der Waals surface area contributed by atoms with Crippen LogP contribution in [0.25, 0.3) is 0 Å². The van der Waals surface area contributed by atoms with Gasteiger partial charge >= 0.3 is 0 Å². The van der Waals surface area contributed by atoms with Crippen LogP contribution in [0.3, 0.4) is 0 Å². The second kappa shape index (κ2) is 9.00. The van der Waals surface area contributed by atoms with E-state index in [1.54, 1.807) is 0 Å². The van der Waals surface area contributed by atoms with Gasteiger partial charge in [0.15, 0.2) is 0 Å². The predicted molar refractivity (Wildman–Crippen MR) is 139 cm³/mol. The lowest BCUT2D eigenvalue weighted by Gasteiger charge is -2.34. The number of rotatable bonds is 2. The van der Waals surface area contributed by atoms with E-state index < -0.39 is 5.41 Å². The van der Waals surface area contributed by atoms with Crippen molar-refractivity contribution in [2.75, 3.05) is 6.61 Å². The molecule has 0 spiro atoms. The minimum Gasteiger partial charge on any atom is -0.505 e. The molecule has 1 atom stereocenters. The van der Waals surface area contributed by atoms with Gasteiger partial charge in [0.05, 0.1) is 36.0 Å². The highest BCUT2D eigenvalue weighted by Gasteiger charge is 2.48. The van der Waals surface area contributed by atoms with Crippen molar-refractivity contribution < 1.29 is 14.9 Å². The molecule has 11 heteroatoms. The predicted octanol–water partition coefficient (Wildman–Crippen LogP) is 9.29. The normalized spacial score (nSPS) is 18.7. The van der Waals surface area contributed by atoms with Gasteiger partial charge in [-0.1, -0.05) is 0 Å². The molecule has 0 bridgehead atoms. The molecule has 152 valence electrons. The molecule has 2 N–H and O–H groups in total. The smallest absolute Gasteiger partial charge is 0.146 e. The summed E-state index contributed by atoms with van der Waals surface area (Å²) in [5.74, 6) is 0.187. The maximum atomic E-state index is 10.4. The summed E-state index contributed by atoms with van der Waals surface area (Å²) in [5, 5.41) is 20.8. The van der Waals surface area contributed by atoms with Crippen LogP contribution in [0.5, 0.6) is 11.5 Å². The van der Waals surface area contributed by atoms with Gasteiger partial charge in [0.25, 0.3) is 0 Å². The van der Waals surface area contributed by atoms with Crippen LogP contribution in [-0.4, -0.2) is 22.9 Å². The van der Waals surface area contributed by atoms with Crippen LogP contribution < -0.4 is 0 Å². The number of halogens is 8. The van der Waals surface area contributed by atoms with Gasteiger partial charge < -0.3 is 14.9 Å². The molecular weight excluding hydrogens is 891 g/mol. The Balaban J connectivity index is 2.49. The molecule has 1 saturated heterocycles. The zero-order valence-electron chi connectivity index (χ0n) is 13.8. The molecule has 28 heavy (non-hydrogen) atoms. The summed E-state index contributed by atoms with van der Waals surface area (Å²) < 4.78 is 11.1. The minimum atomic E-state index is -0.591. The number of hydrogen-bond acceptors (Lipinski definition) is 3. The van der Waals surface area contributed by atoms with Crippen LogP contribution in [0.1, 0.15) is 24.5 Å². The van der Waals surface area contributed by atoms with Crippen molar-refractivity contribution in [1.82, 2.24) is 0 Å². The SMILES string of the molecule is CC1CC(c2c(Br)c(Br)c(O)c(Br)c2Br)(c2c(Br)c(Br)c(O)c(Br)c2Br)CO1. The molecule has 1 aliphatic heterocycles. The summed E-state index contributed by atoms with van der Waals surface area (Å²) >= 11 is 28.6. The number of phenolic OH excluding ortho intramolecular Hbond substituents is 2. The van der Waals surface area contributed by atoms with Gasteiger partial charge in [0.1, 0.15) is 11.5 Å². The van der Waals surface area contributed by atoms with Crippen LogP contribution in [0, 0.1) is 0 Å². The second-order valence-corrected chi connectivity index (χ2v) is 12.7. The summed E-state index contributed by atoms with van der Waals surface area (Å²) in [7, 11) is 0. The van der Waals surface area contributed by atoms with Crippen molar-refractivity contribution >= 4 is 127 Å². The fourth-order valence-electron chi connectivity index (χ4n) is 3.45. The lowest BCUT2D eigenvalue weighted by atomic mass is 9.73. The molecule has 2 aromatic rings. The maximum Gasteiger partial charge on any atom is 0.146 e. The average Bonchev–Trinajstić information content (AvgIpc) is 3.03. The summed E-state index contributed by atoms with van der Waals surface area (Å²) in [6.07, 6.45) is 0.699. The van der Waals surface area contributed by atoms with E-state index in [1.165, 1.54) is 0 Å². The van der Waals surface area contributed by atoms with Crippen molar-refractivity contribution in [3.63, 3.8) is 0 Å². The molecule has 0 aromatic heterocycles. The number of aromatic hydroxyl groups is 2. The first kappa shape index (κ1) is 24.5. The summed E-state index contributed by atoms with van der Waals surface area (Å²) in [6, 6.07) is 0. The molecule has 0 aliphatic carbocycles. The Morgan fingerprint density at radius 1 is 0.679 bits per heavy atom. The number of benzene rings is 2. The molecule has 1 aliphatic rings. The topological polar surface area (TPSA) is 49.7 Å². The van der Waals surface area contributed by atoms with E-state index >= 15 is 0 Å². The first-order valence-electron chi connectivity index (χ1n) is 7.68. The van der Waals surface area contributed by atoms with Gasteiger partial charge in [-0.05, 0) is 152 Å². The van der Waals surface area contributed by atoms with Crippen LogP contribution in [-0.2, 0) is 10.2 Å². The van der Waals surface area contributed by atoms with Gasteiger partial charge in [-0.15, -0.1) is 0 Å². The van der Waals surface area contributed by atoms with Crippen LogP contribution in [0.4, 0.5) is 0 Å². The molecule has 3 rings (SSSR count). The van der Waals surface area contributed by atoms with Gasteiger partial charge in [-0.3, -0.25) is 0 Å². The van der Waals surface area contributed by atoms with Crippen molar-refractivity contribution in [2.45, 2.75) is 24.9 Å². The highest BCUT2D eigenvalue weighted by molar-refractivity contribution is 9.14. The maximum absolute atomic E-state index is 10.4. The number of hydrogen-bond donors (Lipinski definition) is 2. The third-order valence-corrected chi connectivity index (χ3v) is 13.1. The van der Waals surface area contributed by atoms with Crippen molar-refractivity contribution in [3.05, 3.63) is 46.9 Å². The Bertz CT molecular complexity index is 864. The lowest BCUT2D eigenvalue weighted by Crippen LogP contribution is -2.31. The first-order chi connectivity index (χ1) is 13.0. The Labute approximate surface area is 229 Å². The molecule has 1 unspecified atom stereocenters. The molecule has 0 radical (unpaired) electrons. The van der Waals surface area contributed by atoms with Crippen molar-refractivity contribution in [3.8, 4) is 11.5 Å². The van der Waals surface area contributed by atoms with E-state index in [1.807, 2.05) is 6.92 Å². The van der Waals surface area contributed by atoms with E-state index in [0.717, 1.165) is 29.0 Å². The number of ether oxygens (including phenoxy) is 1. The van der Waals surface area contributed by atoms with Gasteiger partial charge in [0.2, 0.25) is 0 Å². The summed E-state index contributed by atoms with van der Waals surface area (Å²) in [6.45, 7) is 2.44. The van der Waals surface area contributed by atoms with Gasteiger partial charge in [-0.2, -0.15) is 0 Å². The molecular formula is C17H10Br8O3. The first-order valence-corrected chi connectivity index (χ1v) is 14.0. The fraction of sp³-hybridized carbons (Fsp3) is 0.294. The monoisotopic (exact) mass is 893 g/mol. The van der Waals surface area contributed by atoms with Crippen LogP contribution in [0.2, 0.25) is 0 Å². The van der Waals surface area contributed by atoms with Crippen molar-refractivity contribution in [1.29, 1.82) is 0 Å². The highest BCUT2D eigenvalue weighted by Crippen LogP contribution is 2.59. The largest absolute Gasteiger partial charge is 0.505 e. The summed E-state index contributed by atoms with van der Waals surface area (Å²) in [5.41, 5.74) is 1.24. The molecule has 3 nitrogen and oxygen atoms in total. The molecule has 2 aromatic carbocycles. The zero-order valence-corrected chi connectivity index (χ0v) is 26.5. The average molecular weight is 901 g/mol. The fourth-order valence-corrected chi connectivity index (χ4v) is 9.16. The third kappa shape index (κ3) is 3.78. The molecule has 0 saturated carbocycles. The van der Waals surface area contributed by atoms with Crippen LogP contribution in [0.15, 0.2) is 35.8 Å².